The zero-order chi connectivity index (χ0) is 14.7. The van der Waals surface area contributed by atoms with Gasteiger partial charge in [0.1, 0.15) is 17.3 Å². The molecule has 3 rings (SSSR count). The van der Waals surface area contributed by atoms with Crippen molar-refractivity contribution in [3.05, 3.63) is 28.6 Å². The SMILES string of the molecule is O=C(NCCN1CCOC1=O)c1csc(-c2cccs2)n1. The van der Waals surface area contributed by atoms with Crippen LogP contribution < -0.4 is 5.32 Å². The third kappa shape index (κ3) is 3.22. The molecule has 0 aliphatic carbocycles. The van der Waals surface area contributed by atoms with E-state index in [0.717, 1.165) is 9.88 Å². The third-order valence-electron chi connectivity index (χ3n) is 2.98. The molecule has 2 amide bonds. The van der Waals surface area contributed by atoms with Crippen LogP contribution in [0.2, 0.25) is 0 Å². The predicted octanol–water partition coefficient (Wildman–Crippen LogP) is 2.05. The van der Waals surface area contributed by atoms with Gasteiger partial charge >= 0.3 is 6.09 Å². The summed E-state index contributed by atoms with van der Waals surface area (Å²) < 4.78 is 4.82. The summed E-state index contributed by atoms with van der Waals surface area (Å²) in [6, 6.07) is 3.93. The number of nitrogens with zero attached hydrogens (tertiary/aromatic N) is 2. The Morgan fingerprint density at radius 2 is 2.38 bits per heavy atom. The maximum absolute atomic E-state index is 12.0. The molecular formula is C13H13N3O3S2. The molecule has 0 saturated carbocycles. The van der Waals surface area contributed by atoms with E-state index in [-0.39, 0.29) is 12.0 Å². The first-order valence-corrected chi connectivity index (χ1v) is 8.19. The van der Waals surface area contributed by atoms with Crippen molar-refractivity contribution in [3.63, 3.8) is 0 Å². The van der Waals surface area contributed by atoms with Gasteiger partial charge in [-0.05, 0) is 11.4 Å². The quantitative estimate of drug-likeness (QED) is 0.914. The second kappa shape index (κ2) is 6.23. The molecule has 3 heterocycles. The largest absolute Gasteiger partial charge is 0.448 e. The molecule has 0 atom stereocenters. The number of hydrogen-bond donors (Lipinski definition) is 1. The number of carbonyl (C=O) groups excluding carboxylic acids is 2. The summed E-state index contributed by atoms with van der Waals surface area (Å²) >= 11 is 3.04. The van der Waals surface area contributed by atoms with E-state index >= 15 is 0 Å². The van der Waals surface area contributed by atoms with E-state index in [1.165, 1.54) is 11.3 Å². The lowest BCUT2D eigenvalue weighted by molar-refractivity contribution is 0.0944. The van der Waals surface area contributed by atoms with Gasteiger partial charge in [0.25, 0.3) is 5.91 Å². The van der Waals surface area contributed by atoms with Crippen LogP contribution in [-0.4, -0.2) is 48.1 Å². The number of thiophene rings is 1. The maximum atomic E-state index is 12.0. The van der Waals surface area contributed by atoms with Crippen LogP contribution in [0, 0.1) is 0 Å². The topological polar surface area (TPSA) is 71.5 Å². The lowest BCUT2D eigenvalue weighted by Gasteiger charge is -2.12. The molecule has 0 bridgehead atoms. The molecule has 6 nitrogen and oxygen atoms in total. The van der Waals surface area contributed by atoms with Gasteiger partial charge in [0, 0.05) is 18.5 Å². The minimum atomic E-state index is -0.321. The zero-order valence-electron chi connectivity index (χ0n) is 11.1. The number of ether oxygens (including phenoxy) is 1. The van der Waals surface area contributed by atoms with Crippen LogP contribution in [0.15, 0.2) is 22.9 Å². The Morgan fingerprint density at radius 3 is 3.10 bits per heavy atom. The van der Waals surface area contributed by atoms with Gasteiger partial charge in [-0.25, -0.2) is 9.78 Å². The van der Waals surface area contributed by atoms with E-state index in [0.29, 0.717) is 31.9 Å². The second-order valence-electron chi connectivity index (χ2n) is 4.37. The highest BCUT2D eigenvalue weighted by atomic mass is 32.1. The third-order valence-corrected chi connectivity index (χ3v) is 4.86. The molecule has 2 aromatic rings. The molecule has 21 heavy (non-hydrogen) atoms. The summed E-state index contributed by atoms with van der Waals surface area (Å²) in [5.41, 5.74) is 0.410. The summed E-state index contributed by atoms with van der Waals surface area (Å²) in [5.74, 6) is -0.221. The summed E-state index contributed by atoms with van der Waals surface area (Å²) in [5, 5.41) is 7.33. The molecule has 1 fully saturated rings. The molecular weight excluding hydrogens is 310 g/mol. The summed E-state index contributed by atoms with van der Waals surface area (Å²) in [4.78, 5) is 30.2. The van der Waals surface area contributed by atoms with Gasteiger partial charge in [-0.15, -0.1) is 22.7 Å². The standard InChI is InChI=1S/C13H13N3O3S2/c17-11(14-3-4-16-5-6-19-13(16)18)9-8-21-12(15-9)10-2-1-7-20-10/h1-2,7-8H,3-6H2,(H,14,17). The van der Waals surface area contributed by atoms with Crippen molar-refractivity contribution in [2.24, 2.45) is 0 Å². The van der Waals surface area contributed by atoms with Crippen molar-refractivity contribution in [2.45, 2.75) is 0 Å². The molecule has 110 valence electrons. The van der Waals surface area contributed by atoms with Gasteiger partial charge in [0.05, 0.1) is 11.4 Å². The number of nitrogens with one attached hydrogen (secondary N) is 1. The van der Waals surface area contributed by atoms with E-state index in [1.54, 1.807) is 21.6 Å². The Labute approximate surface area is 129 Å². The first-order chi connectivity index (χ1) is 10.2. The van der Waals surface area contributed by atoms with Gasteiger partial charge in [0.15, 0.2) is 0 Å². The van der Waals surface area contributed by atoms with Crippen LogP contribution in [0.1, 0.15) is 10.5 Å². The first-order valence-electron chi connectivity index (χ1n) is 6.43. The monoisotopic (exact) mass is 323 g/mol. The van der Waals surface area contributed by atoms with Crippen LogP contribution in [-0.2, 0) is 4.74 Å². The van der Waals surface area contributed by atoms with E-state index in [4.69, 9.17) is 4.74 Å². The van der Waals surface area contributed by atoms with Crippen LogP contribution in [0.3, 0.4) is 0 Å². The number of carbonyl (C=O) groups is 2. The number of hydrogen-bond acceptors (Lipinski definition) is 6. The molecule has 1 saturated heterocycles. The highest BCUT2D eigenvalue weighted by molar-refractivity contribution is 7.20. The Balaban J connectivity index is 1.52. The maximum Gasteiger partial charge on any atom is 0.409 e. The Kier molecular flexibility index (Phi) is 4.16. The van der Waals surface area contributed by atoms with Crippen LogP contribution >= 0.6 is 22.7 Å². The molecule has 0 aromatic carbocycles. The molecule has 1 aliphatic heterocycles. The fourth-order valence-electron chi connectivity index (χ4n) is 1.92. The molecule has 0 spiro atoms. The van der Waals surface area contributed by atoms with Gasteiger partial charge in [-0.1, -0.05) is 6.07 Å². The van der Waals surface area contributed by atoms with Crippen molar-refractivity contribution in [1.29, 1.82) is 0 Å². The fourth-order valence-corrected chi connectivity index (χ4v) is 3.53. The lowest BCUT2D eigenvalue weighted by atomic mass is 10.4. The van der Waals surface area contributed by atoms with Gasteiger partial charge in [-0.2, -0.15) is 0 Å². The highest BCUT2D eigenvalue weighted by Crippen LogP contribution is 2.27. The average Bonchev–Trinajstić information content (AvgIpc) is 3.19. The lowest BCUT2D eigenvalue weighted by Crippen LogP contribution is -2.35. The van der Waals surface area contributed by atoms with Crippen molar-refractivity contribution in [2.75, 3.05) is 26.2 Å². The number of thiazole rings is 1. The highest BCUT2D eigenvalue weighted by Gasteiger charge is 2.21. The minimum absolute atomic E-state index is 0.221. The predicted molar refractivity (Wildman–Crippen MR) is 80.7 cm³/mol. The van der Waals surface area contributed by atoms with E-state index in [2.05, 4.69) is 10.3 Å². The van der Waals surface area contributed by atoms with Crippen molar-refractivity contribution < 1.29 is 14.3 Å². The van der Waals surface area contributed by atoms with Crippen LogP contribution in [0.5, 0.6) is 0 Å². The van der Waals surface area contributed by atoms with Crippen molar-refractivity contribution in [3.8, 4) is 9.88 Å². The Bertz CT molecular complexity index is 639. The number of rotatable bonds is 5. The van der Waals surface area contributed by atoms with Gasteiger partial charge in [-0.3, -0.25) is 4.79 Å². The van der Waals surface area contributed by atoms with Gasteiger partial charge in [0.2, 0.25) is 0 Å². The van der Waals surface area contributed by atoms with Gasteiger partial charge < -0.3 is 15.0 Å². The van der Waals surface area contributed by atoms with Crippen molar-refractivity contribution >= 4 is 34.7 Å². The summed E-state index contributed by atoms with van der Waals surface area (Å²) in [6.07, 6.45) is -0.321. The number of cyclic esters (lactones) is 1. The zero-order valence-corrected chi connectivity index (χ0v) is 12.7. The average molecular weight is 323 g/mol. The second-order valence-corrected chi connectivity index (χ2v) is 6.18. The molecule has 8 heteroatoms. The van der Waals surface area contributed by atoms with E-state index in [1.807, 2.05) is 17.5 Å². The normalized spacial score (nSPS) is 14.3. The fraction of sp³-hybridized carbons (Fsp3) is 0.308. The number of aromatic nitrogens is 1. The summed E-state index contributed by atoms with van der Waals surface area (Å²) in [6.45, 7) is 1.84. The Hall–Kier alpha value is -1.93. The summed E-state index contributed by atoms with van der Waals surface area (Å²) in [7, 11) is 0. The first kappa shape index (κ1) is 14.0. The van der Waals surface area contributed by atoms with Crippen LogP contribution in [0.25, 0.3) is 9.88 Å². The molecule has 0 radical (unpaired) electrons. The molecule has 1 N–H and O–H groups in total. The minimum Gasteiger partial charge on any atom is -0.448 e. The number of amides is 2. The van der Waals surface area contributed by atoms with E-state index in [9.17, 15) is 9.59 Å². The van der Waals surface area contributed by atoms with E-state index < -0.39 is 0 Å². The molecule has 2 aromatic heterocycles. The molecule has 0 unspecified atom stereocenters. The van der Waals surface area contributed by atoms with Crippen LogP contribution in [0.4, 0.5) is 4.79 Å². The molecule has 1 aliphatic rings. The Morgan fingerprint density at radius 1 is 1.48 bits per heavy atom. The van der Waals surface area contributed by atoms with Crippen molar-refractivity contribution in [1.82, 2.24) is 15.2 Å². The smallest absolute Gasteiger partial charge is 0.409 e.